The molecule has 0 bridgehead atoms. The van der Waals surface area contributed by atoms with Gasteiger partial charge < -0.3 is 5.32 Å². The quantitative estimate of drug-likeness (QED) is 0.739. The van der Waals surface area contributed by atoms with Crippen LogP contribution in [0.1, 0.15) is 13.8 Å². The van der Waals surface area contributed by atoms with Gasteiger partial charge in [0.15, 0.2) is 0 Å². The maximum atomic E-state index is 3.26. The van der Waals surface area contributed by atoms with Gasteiger partial charge in [-0.05, 0) is 26.4 Å². The van der Waals surface area contributed by atoms with Crippen molar-refractivity contribution in [1.82, 2.24) is 10.2 Å². The zero-order chi connectivity index (χ0) is 9.68. The maximum Gasteiger partial charge on any atom is 0.0105 e. The molecule has 1 saturated heterocycles. The molecule has 0 aliphatic carbocycles. The third kappa shape index (κ3) is 3.49. The standard InChI is InChI=1S/C10H22N2S/c1-9(8-11-3)10(2)12-4-6-13-7-5-12/h9-11H,4-8H2,1-3H3. The lowest BCUT2D eigenvalue weighted by Gasteiger charge is -2.35. The predicted octanol–water partition coefficient (Wildman–Crippen LogP) is 1.28. The van der Waals surface area contributed by atoms with Gasteiger partial charge in [-0.3, -0.25) is 4.90 Å². The fourth-order valence-corrected chi connectivity index (χ4v) is 2.77. The highest BCUT2D eigenvalue weighted by molar-refractivity contribution is 7.99. The Labute approximate surface area is 86.5 Å². The van der Waals surface area contributed by atoms with Crippen molar-refractivity contribution < 1.29 is 0 Å². The van der Waals surface area contributed by atoms with Crippen LogP contribution in [0.2, 0.25) is 0 Å². The highest BCUT2D eigenvalue weighted by Crippen LogP contribution is 2.16. The summed E-state index contributed by atoms with van der Waals surface area (Å²) >= 11 is 2.08. The molecule has 0 spiro atoms. The zero-order valence-electron chi connectivity index (χ0n) is 9.05. The van der Waals surface area contributed by atoms with Crippen molar-refractivity contribution in [3.8, 4) is 0 Å². The Bertz CT molecular complexity index is 135. The lowest BCUT2D eigenvalue weighted by Crippen LogP contribution is -2.44. The van der Waals surface area contributed by atoms with Crippen LogP contribution in [0.5, 0.6) is 0 Å². The number of nitrogens with one attached hydrogen (secondary N) is 1. The van der Waals surface area contributed by atoms with E-state index in [1.807, 2.05) is 7.05 Å². The van der Waals surface area contributed by atoms with Gasteiger partial charge in [-0.1, -0.05) is 6.92 Å². The Morgan fingerprint density at radius 2 is 1.92 bits per heavy atom. The molecule has 0 radical (unpaired) electrons. The molecule has 0 aromatic rings. The fraction of sp³-hybridized carbons (Fsp3) is 1.00. The highest BCUT2D eigenvalue weighted by Gasteiger charge is 2.20. The number of rotatable bonds is 4. The first-order valence-corrected chi connectivity index (χ1v) is 6.37. The summed E-state index contributed by atoms with van der Waals surface area (Å²) in [6.45, 7) is 8.38. The first-order valence-electron chi connectivity index (χ1n) is 5.22. The smallest absolute Gasteiger partial charge is 0.0105 e. The molecule has 1 rings (SSSR count). The van der Waals surface area contributed by atoms with Crippen molar-refractivity contribution in [2.45, 2.75) is 19.9 Å². The van der Waals surface area contributed by atoms with Crippen LogP contribution in [0.4, 0.5) is 0 Å². The summed E-state index contributed by atoms with van der Waals surface area (Å²) in [7, 11) is 2.04. The molecule has 78 valence electrons. The Balaban J connectivity index is 2.31. The van der Waals surface area contributed by atoms with Crippen LogP contribution in [-0.4, -0.2) is 49.1 Å². The van der Waals surface area contributed by atoms with E-state index < -0.39 is 0 Å². The van der Waals surface area contributed by atoms with Crippen LogP contribution >= 0.6 is 11.8 Å². The van der Waals surface area contributed by atoms with Crippen LogP contribution < -0.4 is 5.32 Å². The number of hydrogen-bond donors (Lipinski definition) is 1. The summed E-state index contributed by atoms with van der Waals surface area (Å²) in [5.41, 5.74) is 0. The van der Waals surface area contributed by atoms with E-state index in [1.54, 1.807) is 0 Å². The number of nitrogens with zero attached hydrogens (tertiary/aromatic N) is 1. The van der Waals surface area contributed by atoms with E-state index in [0.29, 0.717) is 0 Å². The molecule has 1 fully saturated rings. The van der Waals surface area contributed by atoms with Gasteiger partial charge >= 0.3 is 0 Å². The molecule has 0 aromatic heterocycles. The van der Waals surface area contributed by atoms with Crippen molar-refractivity contribution in [2.24, 2.45) is 5.92 Å². The topological polar surface area (TPSA) is 15.3 Å². The Morgan fingerprint density at radius 3 is 2.46 bits per heavy atom. The summed E-state index contributed by atoms with van der Waals surface area (Å²) in [6, 6.07) is 0.730. The minimum absolute atomic E-state index is 0.730. The SMILES string of the molecule is CNCC(C)C(C)N1CCSCC1. The first-order chi connectivity index (χ1) is 6.25. The van der Waals surface area contributed by atoms with Gasteiger partial charge in [0.2, 0.25) is 0 Å². The average molecular weight is 202 g/mol. The third-order valence-electron chi connectivity index (χ3n) is 2.97. The Kier molecular flexibility index (Phi) is 5.14. The van der Waals surface area contributed by atoms with Crippen molar-refractivity contribution >= 4 is 11.8 Å². The normalized spacial score (nSPS) is 24.2. The molecule has 1 N–H and O–H groups in total. The molecule has 1 aliphatic rings. The van der Waals surface area contributed by atoms with Gasteiger partial charge in [0.25, 0.3) is 0 Å². The van der Waals surface area contributed by atoms with Crippen molar-refractivity contribution in [3.63, 3.8) is 0 Å². The summed E-state index contributed by atoms with van der Waals surface area (Å²) in [6.07, 6.45) is 0. The lowest BCUT2D eigenvalue weighted by atomic mass is 10.0. The minimum Gasteiger partial charge on any atom is -0.319 e. The lowest BCUT2D eigenvalue weighted by molar-refractivity contribution is 0.176. The van der Waals surface area contributed by atoms with E-state index in [2.05, 4.69) is 35.8 Å². The van der Waals surface area contributed by atoms with Gasteiger partial charge in [0.1, 0.15) is 0 Å². The summed E-state index contributed by atoms with van der Waals surface area (Å²) < 4.78 is 0. The molecule has 0 aromatic carbocycles. The summed E-state index contributed by atoms with van der Waals surface area (Å²) in [4.78, 5) is 2.62. The fourth-order valence-electron chi connectivity index (χ4n) is 1.84. The largest absolute Gasteiger partial charge is 0.319 e. The van der Waals surface area contributed by atoms with Crippen molar-refractivity contribution in [1.29, 1.82) is 0 Å². The van der Waals surface area contributed by atoms with Gasteiger partial charge in [0.05, 0.1) is 0 Å². The van der Waals surface area contributed by atoms with Gasteiger partial charge in [-0.25, -0.2) is 0 Å². The van der Waals surface area contributed by atoms with Gasteiger partial charge in [0, 0.05) is 30.6 Å². The molecule has 1 heterocycles. The molecule has 2 unspecified atom stereocenters. The Morgan fingerprint density at radius 1 is 1.31 bits per heavy atom. The Hall–Kier alpha value is 0.270. The predicted molar refractivity (Wildman–Crippen MR) is 61.5 cm³/mol. The second-order valence-corrected chi connectivity index (χ2v) is 5.15. The number of hydrogen-bond acceptors (Lipinski definition) is 3. The molecular weight excluding hydrogens is 180 g/mol. The monoisotopic (exact) mass is 202 g/mol. The van der Waals surface area contributed by atoms with E-state index in [0.717, 1.165) is 18.5 Å². The average Bonchev–Trinajstić information content (AvgIpc) is 2.18. The van der Waals surface area contributed by atoms with Crippen LogP contribution in [0.25, 0.3) is 0 Å². The molecule has 13 heavy (non-hydrogen) atoms. The highest BCUT2D eigenvalue weighted by atomic mass is 32.2. The molecule has 2 nitrogen and oxygen atoms in total. The second kappa shape index (κ2) is 5.89. The molecule has 0 amide bonds. The first kappa shape index (κ1) is 11.3. The van der Waals surface area contributed by atoms with Crippen LogP contribution in [0.15, 0.2) is 0 Å². The van der Waals surface area contributed by atoms with Crippen LogP contribution in [0.3, 0.4) is 0 Å². The molecule has 3 heteroatoms. The van der Waals surface area contributed by atoms with Gasteiger partial charge in [-0.2, -0.15) is 11.8 Å². The zero-order valence-corrected chi connectivity index (χ0v) is 9.86. The van der Waals surface area contributed by atoms with Crippen molar-refractivity contribution in [2.75, 3.05) is 38.2 Å². The van der Waals surface area contributed by atoms with Crippen LogP contribution in [-0.2, 0) is 0 Å². The minimum atomic E-state index is 0.730. The van der Waals surface area contributed by atoms with Gasteiger partial charge in [-0.15, -0.1) is 0 Å². The summed E-state index contributed by atoms with van der Waals surface area (Å²) in [5, 5.41) is 3.26. The maximum absolute atomic E-state index is 3.26. The van der Waals surface area contributed by atoms with E-state index >= 15 is 0 Å². The van der Waals surface area contributed by atoms with E-state index in [-0.39, 0.29) is 0 Å². The third-order valence-corrected chi connectivity index (χ3v) is 3.91. The molecule has 0 saturated carbocycles. The molecular formula is C10H22N2S. The number of thioether (sulfide) groups is 1. The summed E-state index contributed by atoms with van der Waals surface area (Å²) in [5.74, 6) is 3.39. The molecule has 2 atom stereocenters. The van der Waals surface area contributed by atoms with Crippen molar-refractivity contribution in [3.05, 3.63) is 0 Å². The van der Waals surface area contributed by atoms with Crippen LogP contribution in [0, 0.1) is 5.92 Å². The second-order valence-electron chi connectivity index (χ2n) is 3.92. The van der Waals surface area contributed by atoms with E-state index in [9.17, 15) is 0 Å². The molecule has 1 aliphatic heterocycles. The van der Waals surface area contributed by atoms with E-state index in [4.69, 9.17) is 0 Å². The van der Waals surface area contributed by atoms with E-state index in [1.165, 1.54) is 24.6 Å².